The van der Waals surface area contributed by atoms with Crippen molar-refractivity contribution in [1.82, 2.24) is 9.80 Å². The van der Waals surface area contributed by atoms with E-state index in [0.29, 0.717) is 6.42 Å². The van der Waals surface area contributed by atoms with E-state index in [1.807, 2.05) is 43.0 Å². The first-order valence-electron chi connectivity index (χ1n) is 7.75. The summed E-state index contributed by atoms with van der Waals surface area (Å²) in [5.41, 5.74) is 1.80. The van der Waals surface area contributed by atoms with Crippen LogP contribution >= 0.6 is 0 Å². The number of carbonyl (C=O) groups is 2. The van der Waals surface area contributed by atoms with Gasteiger partial charge in [0.05, 0.1) is 6.42 Å². The summed E-state index contributed by atoms with van der Waals surface area (Å²) >= 11 is 0. The summed E-state index contributed by atoms with van der Waals surface area (Å²) in [4.78, 5) is 27.8. The molecule has 1 aliphatic rings. The summed E-state index contributed by atoms with van der Waals surface area (Å²) in [7, 11) is 3.50. The van der Waals surface area contributed by atoms with E-state index in [-0.39, 0.29) is 23.9 Å². The van der Waals surface area contributed by atoms with E-state index < -0.39 is 0 Å². The van der Waals surface area contributed by atoms with E-state index in [9.17, 15) is 9.59 Å². The maximum absolute atomic E-state index is 12.4. The molecule has 1 N–H and O–H groups in total. The molecule has 5 nitrogen and oxygen atoms in total. The SMILES string of the molecule is CC(C)N1CC[C@H](Nc2ccccc2CC(=O)N(C)C)C1=O. The van der Waals surface area contributed by atoms with E-state index >= 15 is 0 Å². The Labute approximate surface area is 132 Å². The highest BCUT2D eigenvalue weighted by Gasteiger charge is 2.33. The van der Waals surface area contributed by atoms with Gasteiger partial charge in [-0.2, -0.15) is 0 Å². The van der Waals surface area contributed by atoms with Gasteiger partial charge in [-0.1, -0.05) is 18.2 Å². The summed E-state index contributed by atoms with van der Waals surface area (Å²) in [6.45, 7) is 4.85. The van der Waals surface area contributed by atoms with Crippen LogP contribution in [0.25, 0.3) is 0 Å². The van der Waals surface area contributed by atoms with Crippen molar-refractivity contribution in [3.05, 3.63) is 29.8 Å². The lowest BCUT2D eigenvalue weighted by Crippen LogP contribution is -2.37. The maximum atomic E-state index is 12.4. The Morgan fingerprint density at radius 3 is 2.64 bits per heavy atom. The minimum absolute atomic E-state index is 0.0517. The van der Waals surface area contributed by atoms with Crippen LogP contribution < -0.4 is 5.32 Å². The van der Waals surface area contributed by atoms with Crippen molar-refractivity contribution in [3.8, 4) is 0 Å². The monoisotopic (exact) mass is 303 g/mol. The second kappa shape index (κ2) is 6.81. The Hall–Kier alpha value is -2.04. The van der Waals surface area contributed by atoms with Crippen LogP contribution in [0.2, 0.25) is 0 Å². The molecule has 2 amide bonds. The molecule has 1 aliphatic heterocycles. The Morgan fingerprint density at radius 1 is 1.36 bits per heavy atom. The minimum atomic E-state index is -0.196. The molecule has 1 saturated heterocycles. The van der Waals surface area contributed by atoms with Gasteiger partial charge in [-0.15, -0.1) is 0 Å². The molecule has 1 aromatic carbocycles. The molecule has 1 fully saturated rings. The van der Waals surface area contributed by atoms with E-state index in [2.05, 4.69) is 5.32 Å². The zero-order valence-corrected chi connectivity index (χ0v) is 13.8. The van der Waals surface area contributed by atoms with E-state index in [0.717, 1.165) is 24.2 Å². The molecule has 0 bridgehead atoms. The summed E-state index contributed by atoms with van der Waals surface area (Å²) in [6, 6.07) is 7.74. The molecule has 22 heavy (non-hydrogen) atoms. The number of carbonyl (C=O) groups excluding carboxylic acids is 2. The van der Waals surface area contributed by atoms with Crippen LogP contribution in [-0.2, 0) is 16.0 Å². The second-order valence-electron chi connectivity index (χ2n) is 6.23. The van der Waals surface area contributed by atoms with Crippen LogP contribution in [0.5, 0.6) is 0 Å². The predicted molar refractivity (Wildman–Crippen MR) is 87.7 cm³/mol. The average Bonchev–Trinajstić information content (AvgIpc) is 2.82. The summed E-state index contributed by atoms with van der Waals surface area (Å²) < 4.78 is 0. The van der Waals surface area contributed by atoms with Gasteiger partial charge in [0.25, 0.3) is 0 Å². The minimum Gasteiger partial charge on any atom is -0.373 e. The first kappa shape index (κ1) is 16.3. The Bertz CT molecular complexity index is 555. The number of likely N-dealkylation sites (N-methyl/N-ethyl adjacent to an activating group) is 1. The molecule has 1 aromatic rings. The molecule has 2 rings (SSSR count). The fourth-order valence-corrected chi connectivity index (χ4v) is 2.67. The maximum Gasteiger partial charge on any atom is 0.245 e. The zero-order chi connectivity index (χ0) is 16.3. The highest BCUT2D eigenvalue weighted by molar-refractivity contribution is 5.87. The van der Waals surface area contributed by atoms with E-state index in [1.54, 1.807) is 19.0 Å². The third-order valence-corrected chi connectivity index (χ3v) is 4.05. The van der Waals surface area contributed by atoms with Gasteiger partial charge < -0.3 is 15.1 Å². The molecule has 0 aromatic heterocycles. The Kier molecular flexibility index (Phi) is 5.06. The van der Waals surface area contributed by atoms with Gasteiger partial charge >= 0.3 is 0 Å². The number of rotatable bonds is 5. The lowest BCUT2D eigenvalue weighted by atomic mass is 10.1. The summed E-state index contributed by atoms with van der Waals surface area (Å²) in [5.74, 6) is 0.194. The van der Waals surface area contributed by atoms with Crippen LogP contribution in [0.1, 0.15) is 25.8 Å². The number of nitrogens with one attached hydrogen (secondary N) is 1. The molecule has 0 aliphatic carbocycles. The Morgan fingerprint density at radius 2 is 2.05 bits per heavy atom. The fourth-order valence-electron chi connectivity index (χ4n) is 2.67. The van der Waals surface area contributed by atoms with Crippen LogP contribution in [0.3, 0.4) is 0 Å². The lowest BCUT2D eigenvalue weighted by molar-refractivity contribution is -0.129. The second-order valence-corrected chi connectivity index (χ2v) is 6.23. The van der Waals surface area contributed by atoms with Gasteiger partial charge in [0.1, 0.15) is 6.04 Å². The van der Waals surface area contributed by atoms with Crippen molar-refractivity contribution in [2.24, 2.45) is 0 Å². The predicted octanol–water partition coefficient (Wildman–Crippen LogP) is 1.74. The zero-order valence-electron chi connectivity index (χ0n) is 13.8. The number of para-hydroxylation sites is 1. The summed E-state index contributed by atoms with van der Waals surface area (Å²) in [5, 5.41) is 3.33. The number of hydrogen-bond donors (Lipinski definition) is 1. The van der Waals surface area contributed by atoms with Crippen molar-refractivity contribution in [2.45, 2.75) is 38.8 Å². The van der Waals surface area contributed by atoms with Crippen LogP contribution in [-0.4, -0.2) is 54.3 Å². The van der Waals surface area contributed by atoms with Gasteiger partial charge in [-0.3, -0.25) is 9.59 Å². The first-order chi connectivity index (χ1) is 10.4. The number of amides is 2. The molecular weight excluding hydrogens is 278 g/mol. The van der Waals surface area contributed by atoms with Gasteiger partial charge in [-0.25, -0.2) is 0 Å². The molecule has 0 unspecified atom stereocenters. The third kappa shape index (κ3) is 3.59. The molecule has 1 atom stereocenters. The fraction of sp³-hybridized carbons (Fsp3) is 0.529. The Balaban J connectivity index is 2.11. The smallest absolute Gasteiger partial charge is 0.245 e. The van der Waals surface area contributed by atoms with Crippen LogP contribution in [0.4, 0.5) is 5.69 Å². The number of hydrogen-bond acceptors (Lipinski definition) is 3. The highest BCUT2D eigenvalue weighted by Crippen LogP contribution is 2.22. The topological polar surface area (TPSA) is 52.7 Å². The molecule has 120 valence electrons. The molecule has 0 saturated carbocycles. The first-order valence-corrected chi connectivity index (χ1v) is 7.75. The van der Waals surface area contributed by atoms with E-state index in [4.69, 9.17) is 0 Å². The van der Waals surface area contributed by atoms with Gasteiger partial charge in [0, 0.05) is 32.4 Å². The third-order valence-electron chi connectivity index (χ3n) is 4.05. The van der Waals surface area contributed by atoms with Crippen molar-refractivity contribution in [3.63, 3.8) is 0 Å². The lowest BCUT2D eigenvalue weighted by Gasteiger charge is -2.22. The van der Waals surface area contributed by atoms with Crippen molar-refractivity contribution in [2.75, 3.05) is 26.0 Å². The molecular formula is C17H25N3O2. The molecule has 1 heterocycles. The molecule has 5 heteroatoms. The number of likely N-dealkylation sites (tertiary alicyclic amines) is 1. The summed E-state index contributed by atoms with van der Waals surface area (Å²) in [6.07, 6.45) is 1.14. The largest absolute Gasteiger partial charge is 0.373 e. The van der Waals surface area contributed by atoms with Gasteiger partial charge in [0.15, 0.2) is 0 Å². The van der Waals surface area contributed by atoms with Gasteiger partial charge in [-0.05, 0) is 31.9 Å². The van der Waals surface area contributed by atoms with Crippen molar-refractivity contribution < 1.29 is 9.59 Å². The quantitative estimate of drug-likeness (QED) is 0.901. The molecule has 0 radical (unpaired) electrons. The number of anilines is 1. The number of benzene rings is 1. The standard InChI is InChI=1S/C17H25N3O2/c1-12(2)20-10-9-15(17(20)22)18-14-8-6-5-7-13(14)11-16(21)19(3)4/h5-8,12,15,18H,9-11H2,1-4H3/t15-/m0/s1. The highest BCUT2D eigenvalue weighted by atomic mass is 16.2. The van der Waals surface area contributed by atoms with Crippen LogP contribution in [0.15, 0.2) is 24.3 Å². The molecule has 0 spiro atoms. The van der Waals surface area contributed by atoms with Crippen molar-refractivity contribution in [1.29, 1.82) is 0 Å². The number of nitrogens with zero attached hydrogens (tertiary/aromatic N) is 2. The van der Waals surface area contributed by atoms with Crippen molar-refractivity contribution >= 4 is 17.5 Å². The van der Waals surface area contributed by atoms with Crippen LogP contribution in [0, 0.1) is 0 Å². The normalized spacial score (nSPS) is 18.0. The van der Waals surface area contributed by atoms with E-state index in [1.165, 1.54) is 0 Å². The van der Waals surface area contributed by atoms with Gasteiger partial charge in [0.2, 0.25) is 11.8 Å². The average molecular weight is 303 g/mol.